The van der Waals surface area contributed by atoms with Gasteiger partial charge in [-0.15, -0.1) is 0 Å². The van der Waals surface area contributed by atoms with Crippen LogP contribution >= 0.6 is 0 Å². The minimum Gasteiger partial charge on any atom is -0.520 e. The molecule has 0 aliphatic carbocycles. The molecule has 178 valence electrons. The third-order valence-corrected chi connectivity index (χ3v) is 6.40. The van der Waals surface area contributed by atoms with Gasteiger partial charge < -0.3 is 4.43 Å². The molecule has 0 aliphatic heterocycles. The van der Waals surface area contributed by atoms with Crippen LogP contribution < -0.4 is 0 Å². The van der Waals surface area contributed by atoms with E-state index in [9.17, 15) is 4.79 Å². The van der Waals surface area contributed by atoms with Crippen LogP contribution in [0.1, 0.15) is 135 Å². The molecule has 0 unspecified atom stereocenters. The molecule has 0 saturated carbocycles. The Morgan fingerprint density at radius 3 is 1.37 bits per heavy atom. The summed E-state index contributed by atoms with van der Waals surface area (Å²) in [5.74, 6) is 0.0162. The number of carbonyl (C=O) groups excluding carboxylic acids is 1. The summed E-state index contributed by atoms with van der Waals surface area (Å²) in [5.41, 5.74) is 0. The first-order valence-electron chi connectivity index (χ1n) is 13.3. The van der Waals surface area contributed by atoms with Gasteiger partial charge >= 0.3 is 0 Å². The maximum Gasteiger partial charge on any atom is 0.292 e. The fraction of sp³-hybridized carbons (Fsp3) is 0.889. The molecule has 3 heteroatoms. The van der Waals surface area contributed by atoms with Crippen LogP contribution in [-0.2, 0) is 9.22 Å². The molecule has 0 spiro atoms. The summed E-state index contributed by atoms with van der Waals surface area (Å²) >= 11 is 0. The van der Waals surface area contributed by atoms with Crippen LogP contribution in [0, 0.1) is 0 Å². The molecule has 0 amide bonds. The Kier molecular flexibility index (Phi) is 21.2. The number of allylic oxidation sites excluding steroid dienone is 2. The Morgan fingerprint density at radius 1 is 0.600 bits per heavy atom. The first-order valence-corrected chi connectivity index (χ1v) is 16.7. The van der Waals surface area contributed by atoms with Crippen molar-refractivity contribution < 1.29 is 9.22 Å². The smallest absolute Gasteiger partial charge is 0.292 e. The summed E-state index contributed by atoms with van der Waals surface area (Å²) in [6.45, 7) is 8.49. The normalized spacial score (nSPS) is 12.0. The highest BCUT2D eigenvalue weighted by molar-refractivity contribution is 6.71. The molecule has 0 rings (SSSR count). The van der Waals surface area contributed by atoms with Crippen molar-refractivity contribution in [1.82, 2.24) is 0 Å². The maximum atomic E-state index is 11.7. The van der Waals surface area contributed by atoms with Gasteiger partial charge in [0, 0.05) is 6.42 Å². The molecule has 0 fully saturated rings. The van der Waals surface area contributed by atoms with Gasteiger partial charge in [-0.05, 0) is 51.7 Å². The van der Waals surface area contributed by atoms with Crippen LogP contribution in [0.25, 0.3) is 0 Å². The summed E-state index contributed by atoms with van der Waals surface area (Å²) < 4.78 is 5.48. The van der Waals surface area contributed by atoms with Crippen molar-refractivity contribution in [3.63, 3.8) is 0 Å². The molecular formula is C27H54O2Si. The SMILES string of the molecule is CCCCCCCC/C=C\CCCCCCCCCCCCCC(=O)O[Si](C)(C)C. The first-order chi connectivity index (χ1) is 14.5. The quantitative estimate of drug-likeness (QED) is 0.0954. The maximum absolute atomic E-state index is 11.7. The van der Waals surface area contributed by atoms with Crippen LogP contribution in [0.15, 0.2) is 12.2 Å². The van der Waals surface area contributed by atoms with Gasteiger partial charge in [0.25, 0.3) is 5.97 Å². The number of rotatable bonds is 22. The Hall–Kier alpha value is -0.573. The van der Waals surface area contributed by atoms with E-state index in [1.165, 1.54) is 116 Å². The average molecular weight is 439 g/mol. The Labute approximate surface area is 190 Å². The molecule has 0 aromatic rings. The van der Waals surface area contributed by atoms with Crippen molar-refractivity contribution in [3.05, 3.63) is 12.2 Å². The van der Waals surface area contributed by atoms with Crippen LogP contribution in [0.3, 0.4) is 0 Å². The number of hydrogen-bond acceptors (Lipinski definition) is 2. The zero-order chi connectivity index (χ0) is 22.3. The summed E-state index contributed by atoms with van der Waals surface area (Å²) in [4.78, 5) is 11.7. The topological polar surface area (TPSA) is 26.3 Å². The summed E-state index contributed by atoms with van der Waals surface area (Å²) in [6, 6.07) is 0. The van der Waals surface area contributed by atoms with Crippen LogP contribution in [0.2, 0.25) is 19.6 Å². The predicted octanol–water partition coefficient (Wildman–Crippen LogP) is 9.74. The van der Waals surface area contributed by atoms with Gasteiger partial charge in [0.05, 0.1) is 0 Å². The largest absolute Gasteiger partial charge is 0.520 e. The summed E-state index contributed by atoms with van der Waals surface area (Å²) in [7, 11) is -1.69. The van der Waals surface area contributed by atoms with Crippen molar-refractivity contribution in [2.75, 3.05) is 0 Å². The molecule has 0 bridgehead atoms. The molecular weight excluding hydrogens is 384 g/mol. The van der Waals surface area contributed by atoms with E-state index in [0.717, 1.165) is 6.42 Å². The number of hydrogen-bond donors (Lipinski definition) is 0. The third kappa shape index (κ3) is 25.5. The van der Waals surface area contributed by atoms with Crippen LogP contribution in [0.4, 0.5) is 0 Å². The Bertz CT molecular complexity index is 398. The van der Waals surface area contributed by atoms with Crippen molar-refractivity contribution in [2.24, 2.45) is 0 Å². The van der Waals surface area contributed by atoms with E-state index < -0.39 is 8.32 Å². The van der Waals surface area contributed by atoms with Crippen molar-refractivity contribution in [1.29, 1.82) is 0 Å². The molecule has 30 heavy (non-hydrogen) atoms. The van der Waals surface area contributed by atoms with E-state index in [4.69, 9.17) is 4.43 Å². The highest BCUT2D eigenvalue weighted by Gasteiger charge is 2.19. The molecule has 0 aromatic heterocycles. The van der Waals surface area contributed by atoms with Gasteiger partial charge in [-0.25, -0.2) is 0 Å². The van der Waals surface area contributed by atoms with E-state index >= 15 is 0 Å². The fourth-order valence-electron chi connectivity index (χ4n) is 3.79. The van der Waals surface area contributed by atoms with Crippen LogP contribution in [-0.4, -0.2) is 14.3 Å². The van der Waals surface area contributed by atoms with Gasteiger partial charge in [-0.2, -0.15) is 0 Å². The molecule has 0 atom stereocenters. The first kappa shape index (κ1) is 29.4. The zero-order valence-corrected chi connectivity index (χ0v) is 22.1. The lowest BCUT2D eigenvalue weighted by atomic mass is 10.0. The monoisotopic (exact) mass is 438 g/mol. The molecule has 0 heterocycles. The second-order valence-electron chi connectivity index (χ2n) is 10.0. The number of carbonyl (C=O) groups is 1. The van der Waals surface area contributed by atoms with Gasteiger partial charge in [-0.3, -0.25) is 4.79 Å². The molecule has 0 aliphatic rings. The summed E-state index contributed by atoms with van der Waals surface area (Å²) in [6.07, 6.45) is 30.9. The molecule has 0 saturated heterocycles. The lowest BCUT2D eigenvalue weighted by Gasteiger charge is -2.17. The lowest BCUT2D eigenvalue weighted by molar-refractivity contribution is -0.135. The lowest BCUT2D eigenvalue weighted by Crippen LogP contribution is -2.28. The fourth-order valence-corrected chi connectivity index (χ4v) is 4.58. The average Bonchev–Trinajstić information content (AvgIpc) is 2.68. The molecule has 0 N–H and O–H groups in total. The second-order valence-corrected chi connectivity index (χ2v) is 14.5. The molecule has 2 nitrogen and oxygen atoms in total. The molecule has 0 aromatic carbocycles. The van der Waals surface area contributed by atoms with Crippen molar-refractivity contribution in [2.45, 2.75) is 155 Å². The predicted molar refractivity (Wildman–Crippen MR) is 137 cm³/mol. The van der Waals surface area contributed by atoms with E-state index in [1.54, 1.807) is 0 Å². The standard InChI is InChI=1S/C27H54O2Si/c1-5-6-7-8-9-10-11-12-13-14-15-16-17-18-19-20-21-22-23-24-25-26-27(28)29-30(2,3)4/h12-13H,5-11,14-26H2,1-4H3/b13-12-. The van der Waals surface area contributed by atoms with Crippen molar-refractivity contribution >= 4 is 14.3 Å². The second kappa shape index (κ2) is 21.7. The minimum atomic E-state index is -1.69. The zero-order valence-electron chi connectivity index (χ0n) is 21.1. The van der Waals surface area contributed by atoms with Gasteiger partial charge in [0.2, 0.25) is 8.32 Å². The van der Waals surface area contributed by atoms with E-state index in [0.29, 0.717) is 6.42 Å². The van der Waals surface area contributed by atoms with Gasteiger partial charge in [-0.1, -0.05) is 109 Å². The van der Waals surface area contributed by atoms with E-state index in [-0.39, 0.29) is 5.97 Å². The van der Waals surface area contributed by atoms with Crippen LogP contribution in [0.5, 0.6) is 0 Å². The Morgan fingerprint density at radius 2 is 0.967 bits per heavy atom. The van der Waals surface area contributed by atoms with E-state index in [2.05, 4.69) is 38.7 Å². The minimum absolute atomic E-state index is 0.0162. The molecule has 0 radical (unpaired) electrons. The third-order valence-electron chi connectivity index (χ3n) is 5.56. The van der Waals surface area contributed by atoms with Gasteiger partial charge in [0.1, 0.15) is 0 Å². The van der Waals surface area contributed by atoms with Gasteiger partial charge in [0.15, 0.2) is 0 Å². The highest BCUT2D eigenvalue weighted by Crippen LogP contribution is 2.14. The highest BCUT2D eigenvalue weighted by atomic mass is 28.4. The van der Waals surface area contributed by atoms with Crippen molar-refractivity contribution in [3.8, 4) is 0 Å². The summed E-state index contributed by atoms with van der Waals surface area (Å²) in [5, 5.41) is 0. The number of unbranched alkanes of at least 4 members (excludes halogenated alkanes) is 17. The van der Waals surface area contributed by atoms with E-state index in [1.807, 2.05) is 0 Å². The Balaban J connectivity index is 3.18.